The van der Waals surface area contributed by atoms with Gasteiger partial charge in [-0.1, -0.05) is 23.7 Å². The third kappa shape index (κ3) is 4.29. The number of rotatable bonds is 5. The fourth-order valence-corrected chi connectivity index (χ4v) is 2.78. The lowest BCUT2D eigenvalue weighted by Crippen LogP contribution is -2.07. The maximum absolute atomic E-state index is 14.0. The summed E-state index contributed by atoms with van der Waals surface area (Å²) in [5.41, 5.74) is 2.30. The molecule has 1 aromatic heterocycles. The van der Waals surface area contributed by atoms with E-state index in [1.807, 2.05) is 0 Å². The molecule has 2 rings (SSSR count). The summed E-state index contributed by atoms with van der Waals surface area (Å²) in [4.78, 5) is 8.06. The summed E-state index contributed by atoms with van der Waals surface area (Å²) in [6.45, 7) is 1.70. The van der Waals surface area contributed by atoms with Crippen molar-refractivity contribution in [2.45, 2.75) is 19.2 Å². The van der Waals surface area contributed by atoms with E-state index >= 15 is 0 Å². The van der Waals surface area contributed by atoms with E-state index in [-0.39, 0.29) is 29.2 Å². The van der Waals surface area contributed by atoms with Crippen molar-refractivity contribution in [1.82, 2.24) is 9.97 Å². The van der Waals surface area contributed by atoms with Gasteiger partial charge < -0.3 is 0 Å². The summed E-state index contributed by atoms with van der Waals surface area (Å²) in [7, 11) is 3.49. The molecule has 0 aliphatic rings. The van der Waals surface area contributed by atoms with Crippen LogP contribution in [0.2, 0.25) is 5.15 Å². The Morgan fingerprint density at radius 3 is 2.64 bits per heavy atom. The molecule has 0 fully saturated rings. The topological polar surface area (TPSA) is 54.9 Å². The number of hydrogen-bond acceptors (Lipinski definition) is 3. The molecule has 1 N–H and O–H groups in total. The van der Waals surface area contributed by atoms with Crippen molar-refractivity contribution in [2.24, 2.45) is 0 Å². The minimum Gasteiger partial charge on any atom is -0.260 e. The highest BCUT2D eigenvalue weighted by molar-refractivity contribution is 8.09. The molecule has 9 heteroatoms. The minimum atomic E-state index is -1.82. The van der Waals surface area contributed by atoms with Crippen molar-refractivity contribution in [3.05, 3.63) is 51.6 Å². The Morgan fingerprint density at radius 2 is 2.09 bits per heavy atom. The Bertz CT molecular complexity index is 707. The Morgan fingerprint density at radius 1 is 1.36 bits per heavy atom. The second-order valence-electron chi connectivity index (χ2n) is 4.46. The smallest absolute Gasteiger partial charge is 0.237 e. The largest absolute Gasteiger partial charge is 0.260 e. The van der Waals surface area contributed by atoms with Gasteiger partial charge >= 0.3 is 0 Å². The quantitative estimate of drug-likeness (QED) is 0.480. The van der Waals surface area contributed by atoms with Gasteiger partial charge in [0.2, 0.25) is 16.1 Å². The van der Waals surface area contributed by atoms with Crippen LogP contribution in [0.5, 0.6) is 0 Å². The Kier molecular flexibility index (Phi) is 5.97. The van der Waals surface area contributed by atoms with Crippen molar-refractivity contribution in [1.29, 1.82) is 0 Å². The monoisotopic (exact) mass is 381 g/mol. The van der Waals surface area contributed by atoms with Crippen LogP contribution in [0.25, 0.3) is 0 Å². The van der Waals surface area contributed by atoms with Crippen LogP contribution in [-0.2, 0) is 22.5 Å². The van der Waals surface area contributed by atoms with Crippen molar-refractivity contribution < 1.29 is 8.60 Å². The number of alkyl halides is 1. The van der Waals surface area contributed by atoms with Crippen LogP contribution in [0.1, 0.15) is 22.4 Å². The van der Waals surface area contributed by atoms with Gasteiger partial charge in [0.15, 0.2) is 0 Å². The highest BCUT2D eigenvalue weighted by atomic mass is 35.7. The standard InChI is InChI=1S/C13H11Cl3FN3OS/c1-7-10(12(15)19-13(18-7)20-22(16)21)5-9-3-2-8(6-14)4-11(9)17/h2-4H,5-6H2,1H3,(H,18,19,20). The van der Waals surface area contributed by atoms with Crippen molar-refractivity contribution in [3.63, 3.8) is 0 Å². The molecule has 1 unspecified atom stereocenters. The second kappa shape index (κ2) is 7.55. The fourth-order valence-electron chi connectivity index (χ4n) is 1.89. The predicted molar refractivity (Wildman–Crippen MR) is 88.2 cm³/mol. The van der Waals surface area contributed by atoms with Crippen LogP contribution in [0.3, 0.4) is 0 Å². The maximum atomic E-state index is 14.0. The highest BCUT2D eigenvalue weighted by Gasteiger charge is 2.14. The number of aryl methyl sites for hydroxylation is 1. The number of aromatic nitrogens is 2. The van der Waals surface area contributed by atoms with Crippen LogP contribution < -0.4 is 4.72 Å². The summed E-state index contributed by atoms with van der Waals surface area (Å²) < 4.78 is 27.3. The third-order valence-electron chi connectivity index (χ3n) is 2.97. The van der Waals surface area contributed by atoms with Crippen LogP contribution in [0.4, 0.5) is 10.3 Å². The highest BCUT2D eigenvalue weighted by Crippen LogP contribution is 2.24. The first-order valence-electron chi connectivity index (χ1n) is 6.11. The minimum absolute atomic E-state index is 0.0533. The van der Waals surface area contributed by atoms with Crippen LogP contribution >= 0.6 is 33.9 Å². The molecule has 1 aromatic carbocycles. The summed E-state index contributed by atoms with van der Waals surface area (Å²) >= 11 is 11.8. The molecule has 22 heavy (non-hydrogen) atoms. The molecular formula is C13H11Cl3FN3OS. The van der Waals surface area contributed by atoms with E-state index in [1.54, 1.807) is 19.1 Å². The lowest BCUT2D eigenvalue weighted by molar-refractivity contribution is 0.612. The average Bonchev–Trinajstić information content (AvgIpc) is 2.43. The van der Waals surface area contributed by atoms with Gasteiger partial charge in [-0.15, -0.1) is 11.6 Å². The van der Waals surface area contributed by atoms with Gasteiger partial charge in [0.1, 0.15) is 11.0 Å². The lowest BCUT2D eigenvalue weighted by Gasteiger charge is -2.10. The maximum Gasteiger partial charge on any atom is 0.237 e. The van der Waals surface area contributed by atoms with E-state index in [4.69, 9.17) is 33.9 Å². The van der Waals surface area contributed by atoms with Crippen LogP contribution in [0.15, 0.2) is 18.2 Å². The Balaban J connectivity index is 2.32. The van der Waals surface area contributed by atoms with Gasteiger partial charge in [0, 0.05) is 34.2 Å². The van der Waals surface area contributed by atoms with Gasteiger partial charge in [-0.05, 0) is 24.1 Å². The summed E-state index contributed by atoms with van der Waals surface area (Å²) in [5.74, 6) is -0.0639. The number of halogens is 4. The van der Waals surface area contributed by atoms with E-state index in [0.29, 0.717) is 22.4 Å². The lowest BCUT2D eigenvalue weighted by atomic mass is 10.0. The molecule has 0 spiro atoms. The average molecular weight is 383 g/mol. The molecule has 118 valence electrons. The SMILES string of the molecule is Cc1nc(NS(=O)Cl)nc(Cl)c1Cc1ccc(CCl)cc1F. The van der Waals surface area contributed by atoms with Gasteiger partial charge in [-0.25, -0.2) is 18.6 Å². The summed E-state index contributed by atoms with van der Waals surface area (Å²) in [5, 5.41) is 0.151. The molecule has 0 amide bonds. The second-order valence-corrected chi connectivity index (χ2v) is 6.58. The molecule has 0 bridgehead atoms. The number of hydrogen-bond donors (Lipinski definition) is 1. The fraction of sp³-hybridized carbons (Fsp3) is 0.231. The third-order valence-corrected chi connectivity index (χ3v) is 4.17. The molecule has 1 heterocycles. The molecule has 0 saturated carbocycles. The van der Waals surface area contributed by atoms with Gasteiger partial charge in [-0.3, -0.25) is 4.72 Å². The molecule has 0 saturated heterocycles. The molecule has 0 radical (unpaired) electrons. The number of nitrogens with zero attached hydrogens (tertiary/aromatic N) is 2. The van der Waals surface area contributed by atoms with Gasteiger partial charge in [-0.2, -0.15) is 0 Å². The van der Waals surface area contributed by atoms with Crippen molar-refractivity contribution in [3.8, 4) is 0 Å². The molecule has 4 nitrogen and oxygen atoms in total. The predicted octanol–water partition coefficient (Wildman–Crippen LogP) is 4.14. The zero-order valence-corrected chi connectivity index (χ0v) is 14.5. The zero-order valence-electron chi connectivity index (χ0n) is 11.4. The van der Waals surface area contributed by atoms with Crippen molar-refractivity contribution in [2.75, 3.05) is 4.72 Å². The van der Waals surface area contributed by atoms with E-state index in [9.17, 15) is 8.60 Å². The Hall–Kier alpha value is -0.950. The first kappa shape index (κ1) is 17.4. The first-order chi connectivity index (χ1) is 10.4. The summed E-state index contributed by atoms with van der Waals surface area (Å²) in [6.07, 6.45) is 0.239. The number of benzene rings is 1. The normalized spacial score (nSPS) is 12.2. The molecule has 0 aliphatic carbocycles. The van der Waals surface area contributed by atoms with Crippen LogP contribution in [-0.4, -0.2) is 14.2 Å². The molecule has 0 aliphatic heterocycles. The van der Waals surface area contributed by atoms with Gasteiger partial charge in [0.05, 0.1) is 0 Å². The Labute approximate surface area is 144 Å². The first-order valence-corrected chi connectivity index (χ1v) is 9.00. The zero-order chi connectivity index (χ0) is 16.3. The van der Waals surface area contributed by atoms with Crippen molar-refractivity contribution >= 4 is 50.0 Å². The number of anilines is 1. The molecular weight excluding hydrogens is 372 g/mol. The number of nitrogens with one attached hydrogen (secondary N) is 1. The van der Waals surface area contributed by atoms with E-state index in [1.165, 1.54) is 6.07 Å². The van der Waals surface area contributed by atoms with Gasteiger partial charge in [0.25, 0.3) is 0 Å². The van der Waals surface area contributed by atoms with E-state index in [2.05, 4.69) is 14.7 Å². The summed E-state index contributed by atoms with van der Waals surface area (Å²) in [6, 6.07) is 4.80. The van der Waals surface area contributed by atoms with E-state index < -0.39 is 10.2 Å². The molecule has 1 atom stereocenters. The van der Waals surface area contributed by atoms with E-state index in [0.717, 1.165) is 0 Å². The van der Waals surface area contributed by atoms with Crippen LogP contribution in [0, 0.1) is 12.7 Å². The molecule has 2 aromatic rings.